The van der Waals surface area contributed by atoms with Gasteiger partial charge in [0.15, 0.2) is 0 Å². The van der Waals surface area contributed by atoms with Crippen LogP contribution in [0.15, 0.2) is 53.9 Å². The maximum atomic E-state index is 12.2. The maximum Gasteiger partial charge on any atom is 0.534 e. The molecule has 22 heavy (non-hydrogen) atoms. The summed E-state index contributed by atoms with van der Waals surface area (Å²) in [6.07, 6.45) is 4.28. The van der Waals surface area contributed by atoms with Gasteiger partial charge in [0.1, 0.15) is 17.3 Å². The summed E-state index contributed by atoms with van der Waals surface area (Å²) < 4.78 is 67.4. The summed E-state index contributed by atoms with van der Waals surface area (Å²) in [5, 5.41) is 0. The molecular weight excluding hydrogens is 323 g/mol. The van der Waals surface area contributed by atoms with Crippen molar-refractivity contribution in [3.05, 3.63) is 48.9 Å². The highest BCUT2D eigenvalue weighted by Crippen LogP contribution is 2.28. The van der Waals surface area contributed by atoms with Crippen molar-refractivity contribution in [1.29, 1.82) is 0 Å². The van der Waals surface area contributed by atoms with Gasteiger partial charge in [-0.25, -0.2) is 0 Å². The number of allylic oxidation sites excluding steroid dienone is 1. The van der Waals surface area contributed by atoms with E-state index in [9.17, 15) is 21.6 Å². The molecule has 0 saturated heterocycles. The lowest BCUT2D eigenvalue weighted by Gasteiger charge is -2.10. The summed E-state index contributed by atoms with van der Waals surface area (Å²) in [7, 11) is -5.69. The zero-order valence-electron chi connectivity index (χ0n) is 11.4. The molecule has 5 nitrogen and oxygen atoms in total. The minimum Gasteiger partial charge on any atom is -0.456 e. The first-order chi connectivity index (χ1) is 10.2. The van der Waals surface area contributed by atoms with Gasteiger partial charge in [-0.05, 0) is 37.3 Å². The third-order valence-corrected chi connectivity index (χ3v) is 3.08. The Balaban J connectivity index is 2.86. The van der Waals surface area contributed by atoms with Gasteiger partial charge in [-0.1, -0.05) is 6.58 Å². The number of ether oxygens (including phenoxy) is 1. The molecule has 0 aromatic heterocycles. The van der Waals surface area contributed by atoms with Crippen molar-refractivity contribution < 1.29 is 30.5 Å². The zero-order valence-corrected chi connectivity index (χ0v) is 12.2. The van der Waals surface area contributed by atoms with E-state index < -0.39 is 21.4 Å². The average molecular weight is 335 g/mol. The Labute approximate surface area is 125 Å². The second-order valence-corrected chi connectivity index (χ2v) is 5.24. The molecule has 0 heterocycles. The van der Waals surface area contributed by atoms with E-state index in [1.165, 1.54) is 30.6 Å². The molecule has 0 spiro atoms. The fraction of sp³-hybridized carbons (Fsp3) is 0.154. The highest BCUT2D eigenvalue weighted by Gasteiger charge is 2.48. The lowest BCUT2D eigenvalue weighted by molar-refractivity contribution is -0.0500. The highest BCUT2D eigenvalue weighted by molar-refractivity contribution is 7.87. The van der Waals surface area contributed by atoms with Gasteiger partial charge in [-0.3, -0.25) is 4.99 Å². The van der Waals surface area contributed by atoms with E-state index >= 15 is 0 Å². The molecular formula is C13H12F3NO4S. The smallest absolute Gasteiger partial charge is 0.456 e. The number of rotatable bonds is 6. The van der Waals surface area contributed by atoms with Crippen molar-refractivity contribution >= 4 is 16.3 Å². The van der Waals surface area contributed by atoms with E-state index in [0.29, 0.717) is 5.76 Å². The van der Waals surface area contributed by atoms with Gasteiger partial charge in [-0.2, -0.15) is 21.6 Å². The molecule has 0 atom stereocenters. The van der Waals surface area contributed by atoms with E-state index in [4.69, 9.17) is 4.74 Å². The molecule has 1 aromatic rings. The summed E-state index contributed by atoms with van der Waals surface area (Å²) in [4.78, 5) is 3.82. The van der Waals surface area contributed by atoms with Crippen LogP contribution >= 0.6 is 0 Å². The fourth-order valence-corrected chi connectivity index (χ4v) is 1.60. The number of aliphatic imine (C=N–C) groups is 1. The first-order valence-corrected chi connectivity index (χ1v) is 7.19. The van der Waals surface area contributed by atoms with Crippen LogP contribution in [-0.2, 0) is 10.1 Å². The van der Waals surface area contributed by atoms with E-state index in [0.717, 1.165) is 12.1 Å². The Bertz CT molecular complexity index is 676. The molecule has 0 aliphatic rings. The molecule has 9 heteroatoms. The Morgan fingerprint density at radius 3 is 2.23 bits per heavy atom. The summed E-state index contributed by atoms with van der Waals surface area (Å²) in [5.74, 6) is 0.0595. The number of hydrogen-bond acceptors (Lipinski definition) is 5. The lowest BCUT2D eigenvalue weighted by Crippen LogP contribution is -2.27. The predicted octanol–water partition coefficient (Wildman–Crippen LogP) is 3.41. The minimum atomic E-state index is -5.69. The van der Waals surface area contributed by atoms with Crippen molar-refractivity contribution in [2.24, 2.45) is 4.99 Å². The van der Waals surface area contributed by atoms with Crippen molar-refractivity contribution in [3.8, 4) is 11.5 Å². The summed E-state index contributed by atoms with van der Waals surface area (Å²) in [6.45, 7) is 5.21. The maximum absolute atomic E-state index is 12.2. The van der Waals surface area contributed by atoms with Crippen LogP contribution < -0.4 is 8.92 Å². The second-order valence-electron chi connectivity index (χ2n) is 3.70. The molecule has 0 aliphatic carbocycles. The standard InChI is InChI=1S/C13H12F3NO4S/c1-3-10(9-17-4-2)20-11-5-7-12(8-6-11)21-22(18,19)13(14,15)16/h3-9H,1H2,2H3. The van der Waals surface area contributed by atoms with Crippen LogP contribution in [0.2, 0.25) is 0 Å². The highest BCUT2D eigenvalue weighted by atomic mass is 32.2. The summed E-state index contributed by atoms with van der Waals surface area (Å²) in [5.41, 5.74) is -5.49. The van der Waals surface area contributed by atoms with E-state index in [1.54, 1.807) is 6.92 Å². The number of hydrogen-bond donors (Lipinski definition) is 0. The molecule has 0 saturated carbocycles. The monoisotopic (exact) mass is 335 g/mol. The fourth-order valence-electron chi connectivity index (χ4n) is 1.14. The predicted molar refractivity (Wildman–Crippen MR) is 75.1 cm³/mol. The quantitative estimate of drug-likeness (QED) is 0.263. The molecule has 0 unspecified atom stereocenters. The van der Waals surface area contributed by atoms with E-state index in [1.807, 2.05) is 0 Å². The van der Waals surface area contributed by atoms with Crippen LogP contribution in [-0.4, -0.2) is 20.1 Å². The molecule has 120 valence electrons. The minimum absolute atomic E-state index is 0.245. The third kappa shape index (κ3) is 4.92. The molecule has 0 bridgehead atoms. The first-order valence-electron chi connectivity index (χ1n) is 5.78. The molecule has 1 rings (SSSR count). The average Bonchev–Trinajstić information content (AvgIpc) is 2.43. The van der Waals surface area contributed by atoms with Crippen molar-refractivity contribution in [2.75, 3.05) is 0 Å². The van der Waals surface area contributed by atoms with Crippen LogP contribution in [0.4, 0.5) is 13.2 Å². The lowest BCUT2D eigenvalue weighted by atomic mass is 10.3. The first kappa shape index (κ1) is 17.8. The number of nitrogens with zero attached hydrogens (tertiary/aromatic N) is 1. The molecule has 0 aliphatic heterocycles. The van der Waals surface area contributed by atoms with Gasteiger partial charge in [0.05, 0.1) is 6.20 Å². The molecule has 0 fully saturated rings. The summed E-state index contributed by atoms with van der Waals surface area (Å²) in [6, 6.07) is 4.55. The molecule has 0 radical (unpaired) electrons. The van der Waals surface area contributed by atoms with Crippen LogP contribution in [0.5, 0.6) is 11.5 Å². The Kier molecular flexibility index (Phi) is 5.75. The van der Waals surface area contributed by atoms with Gasteiger partial charge in [0.25, 0.3) is 0 Å². The van der Waals surface area contributed by atoms with Crippen molar-refractivity contribution in [3.63, 3.8) is 0 Å². The number of benzene rings is 1. The van der Waals surface area contributed by atoms with E-state index in [2.05, 4.69) is 15.8 Å². The molecule has 0 N–H and O–H groups in total. The van der Waals surface area contributed by atoms with Crippen molar-refractivity contribution in [2.45, 2.75) is 12.4 Å². The largest absolute Gasteiger partial charge is 0.534 e. The topological polar surface area (TPSA) is 65.0 Å². The van der Waals surface area contributed by atoms with E-state index in [-0.39, 0.29) is 5.75 Å². The Morgan fingerprint density at radius 2 is 1.77 bits per heavy atom. The Hall–Kier alpha value is -2.29. The van der Waals surface area contributed by atoms with Gasteiger partial charge in [-0.15, -0.1) is 0 Å². The van der Waals surface area contributed by atoms with Crippen LogP contribution in [0.3, 0.4) is 0 Å². The van der Waals surface area contributed by atoms with Crippen LogP contribution in [0, 0.1) is 0 Å². The van der Waals surface area contributed by atoms with Gasteiger partial charge >= 0.3 is 15.6 Å². The van der Waals surface area contributed by atoms with Gasteiger partial charge in [0.2, 0.25) is 0 Å². The number of alkyl halides is 3. The Morgan fingerprint density at radius 1 is 1.23 bits per heavy atom. The summed E-state index contributed by atoms with van der Waals surface area (Å²) >= 11 is 0. The molecule has 0 amide bonds. The second kappa shape index (κ2) is 7.12. The zero-order chi connectivity index (χ0) is 16.8. The molecule has 1 aromatic carbocycles. The van der Waals surface area contributed by atoms with Crippen molar-refractivity contribution in [1.82, 2.24) is 0 Å². The number of halogens is 3. The van der Waals surface area contributed by atoms with Gasteiger partial charge < -0.3 is 8.92 Å². The van der Waals surface area contributed by atoms with Gasteiger partial charge in [0, 0.05) is 6.21 Å². The van der Waals surface area contributed by atoms with Crippen LogP contribution in [0.25, 0.3) is 0 Å². The SMILES string of the molecule is C=CC(=CN=CC)Oc1ccc(OS(=O)(=O)C(F)(F)F)cc1. The normalized spacial score (nSPS) is 13.2. The van der Waals surface area contributed by atoms with Crippen LogP contribution in [0.1, 0.15) is 6.92 Å². The third-order valence-electron chi connectivity index (χ3n) is 2.10.